The fourth-order valence-electron chi connectivity index (χ4n) is 4.39. The van der Waals surface area contributed by atoms with Crippen molar-refractivity contribution < 1.29 is 4.79 Å². The highest BCUT2D eigenvalue weighted by Crippen LogP contribution is 2.22. The molecule has 2 fully saturated rings. The number of aryl methyl sites for hydroxylation is 1. The Hall–Kier alpha value is -2.03. The van der Waals surface area contributed by atoms with Crippen molar-refractivity contribution in [2.24, 2.45) is 12.0 Å². The number of amides is 1. The van der Waals surface area contributed by atoms with Crippen LogP contribution in [0.2, 0.25) is 0 Å². The molecule has 0 radical (unpaired) electrons. The fourth-order valence-corrected chi connectivity index (χ4v) is 5.35. The molecule has 1 aromatic carbocycles. The number of carbonyl (C=O) groups is 1. The molecule has 2 heterocycles. The van der Waals surface area contributed by atoms with Crippen LogP contribution in [-0.2, 0) is 7.05 Å². The lowest BCUT2D eigenvalue weighted by atomic mass is 9.96. The molecule has 0 spiro atoms. The van der Waals surface area contributed by atoms with Crippen molar-refractivity contribution in [3.8, 4) is 10.6 Å². The van der Waals surface area contributed by atoms with Crippen molar-refractivity contribution in [2.75, 3.05) is 46.3 Å². The number of aromatic nitrogens is 2. The van der Waals surface area contributed by atoms with Gasteiger partial charge >= 0.3 is 0 Å². The van der Waals surface area contributed by atoms with Gasteiger partial charge in [0.05, 0.1) is 6.04 Å². The fraction of sp³-hybridized carbons (Fsp3) is 0.625. The summed E-state index contributed by atoms with van der Waals surface area (Å²) in [6, 6.07) is 8.20. The number of rotatable bonds is 7. The van der Waals surface area contributed by atoms with Crippen LogP contribution in [0.5, 0.6) is 0 Å². The molecule has 1 aromatic heterocycles. The summed E-state index contributed by atoms with van der Waals surface area (Å²) in [5, 5.41) is 8.67. The minimum atomic E-state index is -0.00684. The second-order valence-electron chi connectivity index (χ2n) is 9.07. The summed E-state index contributed by atoms with van der Waals surface area (Å²) in [6.07, 6.45) is 7.25. The minimum Gasteiger partial charge on any atom is -0.352 e. The molecular weight excluding hydrogens is 420 g/mol. The van der Waals surface area contributed by atoms with E-state index in [1.54, 1.807) is 11.3 Å². The molecule has 174 valence electrons. The van der Waals surface area contributed by atoms with E-state index in [4.69, 9.17) is 4.99 Å². The average molecular weight is 457 g/mol. The summed E-state index contributed by atoms with van der Waals surface area (Å²) in [5.74, 6) is -0.00684. The molecule has 1 aliphatic heterocycles. The number of hydrogen-bond donors (Lipinski definition) is 1. The monoisotopic (exact) mass is 456 g/mol. The number of carbonyl (C=O) groups excluding carboxylic acids is 1. The maximum absolute atomic E-state index is 12.5. The van der Waals surface area contributed by atoms with Crippen LogP contribution < -0.4 is 10.1 Å². The zero-order chi connectivity index (χ0) is 22.3. The quantitative estimate of drug-likeness (QED) is 0.651. The Morgan fingerprint density at radius 3 is 2.53 bits per heavy atom. The number of benzene rings is 1. The van der Waals surface area contributed by atoms with Crippen LogP contribution in [0.15, 0.2) is 29.3 Å². The topological polar surface area (TPSA) is 65.8 Å². The van der Waals surface area contributed by atoms with Gasteiger partial charge in [-0.2, -0.15) is 5.10 Å². The van der Waals surface area contributed by atoms with Gasteiger partial charge in [0.1, 0.15) is 5.01 Å². The van der Waals surface area contributed by atoms with E-state index in [9.17, 15) is 4.79 Å². The maximum atomic E-state index is 12.5. The number of nitrogens with zero attached hydrogens (tertiary/aromatic N) is 5. The highest BCUT2D eigenvalue weighted by Gasteiger charge is 2.15. The molecule has 1 N–H and O–H groups in total. The van der Waals surface area contributed by atoms with Crippen LogP contribution in [-0.4, -0.2) is 77.8 Å². The summed E-state index contributed by atoms with van der Waals surface area (Å²) in [6.45, 7) is 6.26. The molecule has 2 aromatic rings. The largest absolute Gasteiger partial charge is 0.352 e. The standard InChI is InChI=1S/C24H36N6OS/c1-28-15-17-30(18-16-28)14-6-13-25-22(31)19-9-11-20(12-10-19)23-27-29(2)24(32-23)26-21-7-4-3-5-8-21/h9-12,21H,3-8,13-18H2,1-2H3,(H,25,31)/b26-24+. The molecule has 8 heteroatoms. The number of hydrogen-bond acceptors (Lipinski definition) is 6. The zero-order valence-electron chi connectivity index (χ0n) is 19.4. The predicted octanol–water partition coefficient (Wildman–Crippen LogP) is 2.75. The molecule has 0 bridgehead atoms. The van der Waals surface area contributed by atoms with E-state index in [2.05, 4.69) is 27.3 Å². The van der Waals surface area contributed by atoms with Crippen molar-refractivity contribution in [3.05, 3.63) is 34.6 Å². The van der Waals surface area contributed by atoms with Crippen molar-refractivity contribution in [1.29, 1.82) is 0 Å². The Kier molecular flexibility index (Phi) is 8.10. The second kappa shape index (κ2) is 11.2. The zero-order valence-corrected chi connectivity index (χ0v) is 20.2. The molecule has 7 nitrogen and oxygen atoms in total. The van der Waals surface area contributed by atoms with Crippen molar-refractivity contribution in [2.45, 2.75) is 44.6 Å². The third-order valence-electron chi connectivity index (χ3n) is 6.50. The smallest absolute Gasteiger partial charge is 0.251 e. The molecule has 1 aliphatic carbocycles. The molecule has 32 heavy (non-hydrogen) atoms. The van der Waals surface area contributed by atoms with Gasteiger partial charge in [0.2, 0.25) is 4.80 Å². The van der Waals surface area contributed by atoms with Gasteiger partial charge in [0.15, 0.2) is 0 Å². The SMILES string of the molecule is CN1CCN(CCCNC(=O)c2ccc(-c3nn(C)/c(=N\C4CCCCC4)s3)cc2)CC1. The number of likely N-dealkylation sites (N-methyl/N-ethyl adjacent to an activating group) is 1. The lowest BCUT2D eigenvalue weighted by Crippen LogP contribution is -2.45. The van der Waals surface area contributed by atoms with Crippen LogP contribution in [0.3, 0.4) is 0 Å². The summed E-state index contributed by atoms with van der Waals surface area (Å²) >= 11 is 1.63. The first-order chi connectivity index (χ1) is 15.6. The highest BCUT2D eigenvalue weighted by molar-refractivity contribution is 7.12. The highest BCUT2D eigenvalue weighted by atomic mass is 32.1. The van der Waals surface area contributed by atoms with E-state index in [0.29, 0.717) is 18.2 Å². The van der Waals surface area contributed by atoms with Crippen molar-refractivity contribution in [1.82, 2.24) is 24.9 Å². The van der Waals surface area contributed by atoms with E-state index in [1.165, 1.54) is 32.1 Å². The van der Waals surface area contributed by atoms with E-state index in [-0.39, 0.29) is 5.91 Å². The van der Waals surface area contributed by atoms with E-state index >= 15 is 0 Å². The average Bonchev–Trinajstić information content (AvgIpc) is 3.18. The van der Waals surface area contributed by atoms with Gasteiger partial charge < -0.3 is 15.1 Å². The van der Waals surface area contributed by atoms with E-state index in [0.717, 1.165) is 54.5 Å². The molecular formula is C24H36N6OS. The van der Waals surface area contributed by atoms with Gasteiger partial charge in [0, 0.05) is 50.9 Å². The van der Waals surface area contributed by atoms with E-state index in [1.807, 2.05) is 36.0 Å². The molecule has 2 aliphatic rings. The van der Waals surface area contributed by atoms with Gasteiger partial charge in [-0.05, 0) is 45.0 Å². The van der Waals surface area contributed by atoms with Gasteiger partial charge in [-0.1, -0.05) is 42.7 Å². The molecule has 4 rings (SSSR count). The molecule has 1 amide bonds. The van der Waals surface area contributed by atoms with Crippen molar-refractivity contribution in [3.63, 3.8) is 0 Å². The molecule has 0 atom stereocenters. The van der Waals surface area contributed by atoms with Crippen LogP contribution in [0.25, 0.3) is 10.6 Å². The van der Waals surface area contributed by atoms with Gasteiger partial charge in [-0.3, -0.25) is 9.79 Å². The Balaban J connectivity index is 1.28. The molecule has 0 unspecified atom stereocenters. The first kappa shape index (κ1) is 23.1. The first-order valence-corrected chi connectivity index (χ1v) is 12.8. The Morgan fingerprint density at radius 2 is 1.81 bits per heavy atom. The lowest BCUT2D eigenvalue weighted by Gasteiger charge is -2.32. The lowest BCUT2D eigenvalue weighted by molar-refractivity contribution is 0.0949. The van der Waals surface area contributed by atoms with Crippen LogP contribution >= 0.6 is 11.3 Å². The molecule has 1 saturated carbocycles. The summed E-state index contributed by atoms with van der Waals surface area (Å²) in [5.41, 5.74) is 1.73. The van der Waals surface area contributed by atoms with Crippen LogP contribution in [0, 0.1) is 0 Å². The Morgan fingerprint density at radius 1 is 1.09 bits per heavy atom. The summed E-state index contributed by atoms with van der Waals surface area (Å²) < 4.78 is 1.88. The van der Waals surface area contributed by atoms with Crippen LogP contribution in [0.4, 0.5) is 0 Å². The summed E-state index contributed by atoms with van der Waals surface area (Å²) in [4.78, 5) is 23.3. The maximum Gasteiger partial charge on any atom is 0.251 e. The van der Waals surface area contributed by atoms with Crippen LogP contribution in [0.1, 0.15) is 48.9 Å². The number of nitrogens with one attached hydrogen (secondary N) is 1. The third kappa shape index (κ3) is 6.27. The van der Waals surface area contributed by atoms with E-state index < -0.39 is 0 Å². The minimum absolute atomic E-state index is 0.00684. The van der Waals surface area contributed by atoms with Gasteiger partial charge in [-0.25, -0.2) is 4.68 Å². The van der Waals surface area contributed by atoms with Gasteiger partial charge in [0.25, 0.3) is 5.91 Å². The predicted molar refractivity (Wildman–Crippen MR) is 130 cm³/mol. The van der Waals surface area contributed by atoms with Gasteiger partial charge in [-0.15, -0.1) is 0 Å². The second-order valence-corrected chi connectivity index (χ2v) is 10.0. The summed E-state index contributed by atoms with van der Waals surface area (Å²) in [7, 11) is 4.13. The normalized spacial score (nSPS) is 19.4. The Labute approximate surface area is 195 Å². The number of piperazine rings is 1. The Bertz CT molecular complexity index is 936. The molecule has 1 saturated heterocycles. The van der Waals surface area contributed by atoms with Crippen molar-refractivity contribution >= 4 is 17.2 Å². The first-order valence-electron chi connectivity index (χ1n) is 12.0. The third-order valence-corrected chi connectivity index (χ3v) is 7.56.